The van der Waals surface area contributed by atoms with Gasteiger partial charge in [0, 0.05) is 21.8 Å². The predicted molar refractivity (Wildman–Crippen MR) is 180 cm³/mol. The molecule has 0 aliphatic carbocycles. The molecule has 1 unspecified atom stereocenters. The van der Waals surface area contributed by atoms with Crippen molar-refractivity contribution in [2.45, 2.75) is 6.17 Å². The molecule has 1 aromatic heterocycles. The van der Waals surface area contributed by atoms with E-state index in [1.807, 2.05) is 36.4 Å². The molecule has 1 atom stereocenters. The molecule has 44 heavy (non-hydrogen) atoms. The second-order valence-corrected chi connectivity index (χ2v) is 11.3. The van der Waals surface area contributed by atoms with Crippen molar-refractivity contribution in [3.05, 3.63) is 151 Å². The minimum atomic E-state index is -0.0758. The quantitative estimate of drug-likeness (QED) is 0.217. The van der Waals surface area contributed by atoms with Gasteiger partial charge in [0.1, 0.15) is 17.3 Å². The van der Waals surface area contributed by atoms with Gasteiger partial charge < -0.3 is 14.6 Å². The van der Waals surface area contributed by atoms with Crippen LogP contribution in [-0.4, -0.2) is 0 Å². The van der Waals surface area contributed by atoms with Gasteiger partial charge in [0.05, 0.1) is 23.0 Å². The van der Waals surface area contributed by atoms with Crippen molar-refractivity contribution in [2.75, 3.05) is 10.2 Å². The minimum absolute atomic E-state index is 0.0758. The molecular formula is C40H25N3O. The molecular weight excluding hydrogens is 538 g/mol. The Morgan fingerprint density at radius 2 is 1.34 bits per heavy atom. The van der Waals surface area contributed by atoms with E-state index in [0.29, 0.717) is 5.56 Å². The number of benzene rings is 7. The lowest BCUT2D eigenvalue weighted by molar-refractivity contribution is 0.673. The maximum absolute atomic E-state index is 9.28. The fraction of sp³-hybridized carbons (Fsp3) is 0.0250. The number of nitriles is 1. The summed E-state index contributed by atoms with van der Waals surface area (Å²) >= 11 is 0. The van der Waals surface area contributed by atoms with Crippen LogP contribution >= 0.6 is 0 Å². The Labute approximate surface area is 254 Å². The Morgan fingerprint density at radius 1 is 0.614 bits per heavy atom. The van der Waals surface area contributed by atoms with Crippen LogP contribution in [0.4, 0.5) is 17.1 Å². The van der Waals surface area contributed by atoms with E-state index in [4.69, 9.17) is 4.42 Å². The molecule has 4 nitrogen and oxygen atoms in total. The molecule has 8 aromatic rings. The van der Waals surface area contributed by atoms with Crippen LogP contribution in [0.3, 0.4) is 0 Å². The highest BCUT2D eigenvalue weighted by molar-refractivity contribution is 6.30. The van der Waals surface area contributed by atoms with Gasteiger partial charge in [0.2, 0.25) is 0 Å². The molecule has 1 aliphatic rings. The molecule has 7 aromatic carbocycles. The lowest BCUT2D eigenvalue weighted by Gasteiger charge is -2.27. The van der Waals surface area contributed by atoms with E-state index in [1.165, 1.54) is 5.39 Å². The highest BCUT2D eigenvalue weighted by Crippen LogP contribution is 2.48. The Hall–Kier alpha value is -6.05. The van der Waals surface area contributed by atoms with E-state index in [2.05, 4.69) is 119 Å². The summed E-state index contributed by atoms with van der Waals surface area (Å²) < 4.78 is 6.67. The molecule has 0 saturated carbocycles. The maximum Gasteiger partial charge on any atom is 0.143 e. The Balaban J connectivity index is 1.29. The monoisotopic (exact) mass is 563 g/mol. The summed E-state index contributed by atoms with van der Waals surface area (Å²) in [5, 5.41) is 19.9. The van der Waals surface area contributed by atoms with Crippen LogP contribution < -0.4 is 10.2 Å². The van der Waals surface area contributed by atoms with Gasteiger partial charge in [-0.2, -0.15) is 5.26 Å². The number of hydrogen-bond acceptors (Lipinski definition) is 4. The third-order valence-electron chi connectivity index (χ3n) is 8.87. The largest absolute Gasteiger partial charge is 0.455 e. The van der Waals surface area contributed by atoms with Gasteiger partial charge in [-0.25, -0.2) is 0 Å². The lowest BCUT2D eigenvalue weighted by atomic mass is 9.92. The maximum atomic E-state index is 9.28. The van der Waals surface area contributed by atoms with Crippen LogP contribution in [0.15, 0.2) is 144 Å². The number of furan rings is 1. The number of rotatable bonds is 3. The Bertz CT molecular complexity index is 2440. The van der Waals surface area contributed by atoms with Crippen LogP contribution in [0, 0.1) is 11.3 Å². The van der Waals surface area contributed by atoms with E-state index < -0.39 is 0 Å². The molecule has 0 amide bonds. The van der Waals surface area contributed by atoms with Crippen LogP contribution in [0.1, 0.15) is 17.3 Å². The number of para-hydroxylation sites is 4. The number of anilines is 3. The molecule has 0 spiro atoms. The predicted octanol–water partition coefficient (Wildman–Crippen LogP) is 10.7. The van der Waals surface area contributed by atoms with Crippen LogP contribution in [-0.2, 0) is 0 Å². The molecule has 1 aliphatic heterocycles. The Kier molecular flexibility index (Phi) is 5.29. The second kappa shape index (κ2) is 9.49. The SMILES string of the molecule is N#Cc1ccc(-c2ccc3c4ccc(C5Nc6ccccc6N5c5ccccc5)cc4c4oc5ccccc5c4c3c2)cc1. The van der Waals surface area contributed by atoms with Gasteiger partial charge in [-0.15, -0.1) is 0 Å². The fourth-order valence-electron chi connectivity index (χ4n) is 6.83. The van der Waals surface area contributed by atoms with Crippen molar-refractivity contribution in [1.29, 1.82) is 5.26 Å². The lowest BCUT2D eigenvalue weighted by Crippen LogP contribution is -2.23. The van der Waals surface area contributed by atoms with Crippen molar-refractivity contribution >= 4 is 60.5 Å². The van der Waals surface area contributed by atoms with Gasteiger partial charge in [0.25, 0.3) is 0 Å². The molecule has 0 radical (unpaired) electrons. The number of hydrogen-bond donors (Lipinski definition) is 1. The average molecular weight is 564 g/mol. The van der Waals surface area contributed by atoms with Crippen LogP contribution in [0.2, 0.25) is 0 Å². The molecule has 1 N–H and O–H groups in total. The molecule has 0 fully saturated rings. The van der Waals surface area contributed by atoms with Gasteiger partial charge in [0.15, 0.2) is 0 Å². The third-order valence-corrected chi connectivity index (χ3v) is 8.87. The first-order valence-corrected chi connectivity index (χ1v) is 14.8. The molecule has 0 saturated heterocycles. The summed E-state index contributed by atoms with van der Waals surface area (Å²) in [6.07, 6.45) is -0.0758. The second-order valence-electron chi connectivity index (χ2n) is 11.3. The smallest absolute Gasteiger partial charge is 0.143 e. The summed E-state index contributed by atoms with van der Waals surface area (Å²) in [6, 6.07) is 50.8. The zero-order valence-electron chi connectivity index (χ0n) is 23.7. The summed E-state index contributed by atoms with van der Waals surface area (Å²) in [5.74, 6) is 0. The van der Waals surface area contributed by atoms with Crippen LogP contribution in [0.5, 0.6) is 0 Å². The third kappa shape index (κ3) is 3.63. The van der Waals surface area contributed by atoms with Crippen molar-refractivity contribution in [3.8, 4) is 17.2 Å². The summed E-state index contributed by atoms with van der Waals surface area (Å²) in [7, 11) is 0. The standard InChI is InChI=1S/C40H25N3O/c41-24-25-14-16-26(17-15-25)27-18-20-30-31-21-19-28(23-34(31)39-38(33(30)22-27)32-10-4-7-13-37(32)44-39)40-42-35-11-5-6-12-36(35)43(40)29-8-2-1-3-9-29/h1-23,40,42H. The highest BCUT2D eigenvalue weighted by Gasteiger charge is 2.31. The van der Waals surface area contributed by atoms with E-state index >= 15 is 0 Å². The van der Waals surface area contributed by atoms with E-state index in [0.717, 1.165) is 71.8 Å². The van der Waals surface area contributed by atoms with Gasteiger partial charge in [-0.3, -0.25) is 0 Å². The van der Waals surface area contributed by atoms with E-state index in [9.17, 15) is 5.26 Å². The van der Waals surface area contributed by atoms with Crippen molar-refractivity contribution in [3.63, 3.8) is 0 Å². The number of nitrogens with one attached hydrogen (secondary N) is 1. The highest BCUT2D eigenvalue weighted by atomic mass is 16.3. The zero-order chi connectivity index (χ0) is 29.2. The molecule has 206 valence electrons. The summed E-state index contributed by atoms with van der Waals surface area (Å²) in [6.45, 7) is 0. The van der Waals surface area contributed by atoms with E-state index in [-0.39, 0.29) is 6.17 Å². The zero-order valence-corrected chi connectivity index (χ0v) is 23.7. The molecule has 4 heteroatoms. The number of nitrogens with zero attached hydrogens (tertiary/aromatic N) is 2. The Morgan fingerprint density at radius 3 is 2.20 bits per heavy atom. The van der Waals surface area contributed by atoms with Crippen molar-refractivity contribution in [2.24, 2.45) is 0 Å². The average Bonchev–Trinajstić information content (AvgIpc) is 3.68. The fourth-order valence-corrected chi connectivity index (χ4v) is 6.83. The number of fused-ring (bicyclic) bond motifs is 9. The van der Waals surface area contributed by atoms with Gasteiger partial charge in [-0.05, 0) is 87.4 Å². The molecule has 0 bridgehead atoms. The first kappa shape index (κ1) is 24.5. The van der Waals surface area contributed by atoms with Crippen LogP contribution in [0.25, 0.3) is 54.6 Å². The van der Waals surface area contributed by atoms with Gasteiger partial charge >= 0.3 is 0 Å². The minimum Gasteiger partial charge on any atom is -0.455 e. The van der Waals surface area contributed by atoms with Crippen molar-refractivity contribution in [1.82, 2.24) is 0 Å². The normalized spacial score (nSPS) is 14.2. The summed E-state index contributed by atoms with van der Waals surface area (Å²) in [4.78, 5) is 2.37. The first-order chi connectivity index (χ1) is 21.8. The topological polar surface area (TPSA) is 52.2 Å². The first-order valence-electron chi connectivity index (χ1n) is 14.8. The molecule has 2 heterocycles. The molecule has 9 rings (SSSR count). The van der Waals surface area contributed by atoms with Crippen molar-refractivity contribution < 1.29 is 4.42 Å². The van der Waals surface area contributed by atoms with Gasteiger partial charge in [-0.1, -0.05) is 84.9 Å². The summed E-state index contributed by atoms with van der Waals surface area (Å²) in [5.41, 5.74) is 9.19. The van der Waals surface area contributed by atoms with E-state index in [1.54, 1.807) is 0 Å².